The molecule has 3 aromatic carbocycles. The Labute approximate surface area is 156 Å². The molecule has 1 amide bonds. The molecule has 3 aromatic rings. The number of hydrogen-bond acceptors (Lipinski definition) is 5. The van der Waals surface area contributed by atoms with Gasteiger partial charge in [0.05, 0.1) is 6.21 Å². The second-order valence-electron chi connectivity index (χ2n) is 5.69. The molecule has 0 aliphatic rings. The van der Waals surface area contributed by atoms with Crippen LogP contribution < -0.4 is 10.2 Å². The Balaban J connectivity index is 1.50. The number of rotatable bonds is 6. The summed E-state index contributed by atoms with van der Waals surface area (Å²) in [6, 6.07) is 21.8. The maximum Gasteiger partial charge on any atom is 0.277 e. The van der Waals surface area contributed by atoms with Crippen LogP contribution in [0.1, 0.15) is 5.56 Å². The monoisotopic (exact) mass is 362 g/mol. The van der Waals surface area contributed by atoms with Gasteiger partial charge < -0.3 is 14.9 Å². The number of nitrogens with one attached hydrogen (secondary N) is 1. The highest BCUT2D eigenvalue weighted by Gasteiger charge is 2.05. The van der Waals surface area contributed by atoms with Crippen molar-refractivity contribution in [2.45, 2.75) is 0 Å². The minimum atomic E-state index is -0.446. The van der Waals surface area contributed by atoms with Gasteiger partial charge in [-0.15, -0.1) is 0 Å². The van der Waals surface area contributed by atoms with E-state index < -0.39 is 5.91 Å². The van der Waals surface area contributed by atoms with E-state index in [9.17, 15) is 15.0 Å². The van der Waals surface area contributed by atoms with Gasteiger partial charge in [0, 0.05) is 5.56 Å². The van der Waals surface area contributed by atoms with Crippen molar-refractivity contribution in [1.82, 2.24) is 5.43 Å². The molecule has 0 spiro atoms. The maximum absolute atomic E-state index is 11.8. The summed E-state index contributed by atoms with van der Waals surface area (Å²) < 4.78 is 5.43. The van der Waals surface area contributed by atoms with Crippen LogP contribution in [0.3, 0.4) is 0 Å². The summed E-state index contributed by atoms with van der Waals surface area (Å²) >= 11 is 0. The summed E-state index contributed by atoms with van der Waals surface area (Å²) in [4.78, 5) is 11.8. The summed E-state index contributed by atoms with van der Waals surface area (Å²) in [5.41, 5.74) is 4.74. The second-order valence-corrected chi connectivity index (χ2v) is 5.69. The van der Waals surface area contributed by atoms with E-state index in [0.29, 0.717) is 5.75 Å². The van der Waals surface area contributed by atoms with E-state index >= 15 is 0 Å². The van der Waals surface area contributed by atoms with Crippen LogP contribution in [-0.2, 0) is 4.79 Å². The van der Waals surface area contributed by atoms with Gasteiger partial charge in [0.1, 0.15) is 5.75 Å². The van der Waals surface area contributed by atoms with Crippen LogP contribution >= 0.6 is 0 Å². The molecule has 6 heteroatoms. The van der Waals surface area contributed by atoms with Gasteiger partial charge in [-0.05, 0) is 35.4 Å². The normalized spacial score (nSPS) is 10.7. The third kappa shape index (κ3) is 4.85. The van der Waals surface area contributed by atoms with E-state index in [1.807, 2.05) is 42.5 Å². The number of amides is 1. The van der Waals surface area contributed by atoms with E-state index in [1.54, 1.807) is 24.3 Å². The lowest BCUT2D eigenvalue weighted by molar-refractivity contribution is -0.123. The average molecular weight is 362 g/mol. The number of hydrogen-bond donors (Lipinski definition) is 3. The molecule has 0 aromatic heterocycles. The largest absolute Gasteiger partial charge is 0.504 e. The molecule has 136 valence electrons. The van der Waals surface area contributed by atoms with Crippen LogP contribution in [0.4, 0.5) is 0 Å². The molecule has 3 N–H and O–H groups in total. The number of benzene rings is 3. The quantitative estimate of drug-likeness (QED) is 0.356. The number of carbonyl (C=O) groups excluding carboxylic acids is 1. The zero-order valence-corrected chi connectivity index (χ0v) is 14.4. The van der Waals surface area contributed by atoms with Crippen LogP contribution in [0.2, 0.25) is 0 Å². The molecular weight excluding hydrogens is 344 g/mol. The number of phenolic OH excluding ortho intramolecular Hbond substituents is 2. The minimum Gasteiger partial charge on any atom is -0.504 e. The molecule has 0 heterocycles. The lowest BCUT2D eigenvalue weighted by Crippen LogP contribution is -2.24. The van der Waals surface area contributed by atoms with Crippen molar-refractivity contribution in [2.24, 2.45) is 5.10 Å². The molecule has 0 fully saturated rings. The number of ether oxygens (including phenoxy) is 1. The molecule has 27 heavy (non-hydrogen) atoms. The smallest absolute Gasteiger partial charge is 0.277 e. The highest BCUT2D eigenvalue weighted by Crippen LogP contribution is 2.26. The zero-order valence-electron chi connectivity index (χ0n) is 14.4. The Hall–Kier alpha value is -3.80. The first-order valence-electron chi connectivity index (χ1n) is 8.24. The van der Waals surface area contributed by atoms with E-state index in [1.165, 1.54) is 12.3 Å². The molecule has 0 aliphatic carbocycles. The molecule has 0 unspecified atom stereocenters. The van der Waals surface area contributed by atoms with E-state index in [4.69, 9.17) is 4.74 Å². The summed E-state index contributed by atoms with van der Waals surface area (Å²) in [6.07, 6.45) is 1.24. The molecule has 6 nitrogen and oxygen atoms in total. The van der Waals surface area contributed by atoms with Crippen molar-refractivity contribution < 1.29 is 19.7 Å². The Morgan fingerprint density at radius 2 is 1.63 bits per heavy atom. The van der Waals surface area contributed by atoms with Crippen molar-refractivity contribution in [2.75, 3.05) is 6.61 Å². The Kier molecular flexibility index (Phi) is 5.69. The number of aromatic hydroxyl groups is 2. The summed E-state index contributed by atoms with van der Waals surface area (Å²) in [5, 5.41) is 22.8. The molecule has 0 saturated heterocycles. The fourth-order valence-electron chi connectivity index (χ4n) is 2.38. The van der Waals surface area contributed by atoms with E-state index in [-0.39, 0.29) is 23.7 Å². The van der Waals surface area contributed by atoms with Gasteiger partial charge in [0.25, 0.3) is 5.91 Å². The van der Waals surface area contributed by atoms with Crippen LogP contribution in [0.15, 0.2) is 77.9 Å². The highest BCUT2D eigenvalue weighted by atomic mass is 16.5. The van der Waals surface area contributed by atoms with Crippen LogP contribution in [0.5, 0.6) is 17.2 Å². The third-order valence-corrected chi connectivity index (χ3v) is 3.77. The molecule has 0 saturated carbocycles. The lowest BCUT2D eigenvalue weighted by Gasteiger charge is -2.07. The standard InChI is InChI=1S/C21H18N2O4/c24-19-8-4-7-17(21(19)26)13-22-23-20(25)14-27-18-11-9-16(10-12-18)15-5-2-1-3-6-15/h1-13,24,26H,14H2,(H,23,25)/b22-13+. The SMILES string of the molecule is O=C(COc1ccc(-c2ccccc2)cc1)N/N=C/c1cccc(O)c1O. The van der Waals surface area contributed by atoms with Crippen molar-refractivity contribution in [3.8, 4) is 28.4 Å². The average Bonchev–Trinajstić information content (AvgIpc) is 2.71. The van der Waals surface area contributed by atoms with Gasteiger partial charge in [-0.25, -0.2) is 5.43 Å². The fraction of sp³-hybridized carbons (Fsp3) is 0.0476. The Morgan fingerprint density at radius 1 is 0.926 bits per heavy atom. The van der Waals surface area contributed by atoms with Gasteiger partial charge in [-0.2, -0.15) is 5.10 Å². The predicted octanol–water partition coefficient (Wildman–Crippen LogP) is 3.29. The van der Waals surface area contributed by atoms with E-state index in [2.05, 4.69) is 10.5 Å². The van der Waals surface area contributed by atoms with Crippen molar-refractivity contribution in [3.63, 3.8) is 0 Å². The van der Waals surface area contributed by atoms with Gasteiger partial charge >= 0.3 is 0 Å². The second kappa shape index (κ2) is 8.53. The first kappa shape index (κ1) is 18.0. The number of hydrazone groups is 1. The number of carbonyl (C=O) groups is 1. The minimum absolute atomic E-state index is 0.200. The van der Waals surface area contributed by atoms with Crippen molar-refractivity contribution in [3.05, 3.63) is 78.4 Å². The number of nitrogens with zero attached hydrogens (tertiary/aromatic N) is 1. The van der Waals surface area contributed by atoms with Gasteiger partial charge in [-0.3, -0.25) is 4.79 Å². The van der Waals surface area contributed by atoms with Crippen LogP contribution in [0.25, 0.3) is 11.1 Å². The zero-order chi connectivity index (χ0) is 19.1. The first-order chi connectivity index (χ1) is 13.1. The van der Waals surface area contributed by atoms with Crippen LogP contribution in [0, 0.1) is 0 Å². The number of para-hydroxylation sites is 1. The Morgan fingerprint density at radius 3 is 2.37 bits per heavy atom. The van der Waals surface area contributed by atoms with Gasteiger partial charge in [-0.1, -0.05) is 48.5 Å². The summed E-state index contributed by atoms with van der Waals surface area (Å²) in [6.45, 7) is -0.200. The summed E-state index contributed by atoms with van der Waals surface area (Å²) in [5.74, 6) is -0.435. The van der Waals surface area contributed by atoms with Crippen LogP contribution in [-0.4, -0.2) is 28.9 Å². The van der Waals surface area contributed by atoms with Gasteiger partial charge in [0.15, 0.2) is 18.1 Å². The third-order valence-electron chi connectivity index (χ3n) is 3.77. The van der Waals surface area contributed by atoms with Crippen molar-refractivity contribution in [1.29, 1.82) is 0 Å². The summed E-state index contributed by atoms with van der Waals surface area (Å²) in [7, 11) is 0. The maximum atomic E-state index is 11.8. The molecule has 3 rings (SSSR count). The fourth-order valence-corrected chi connectivity index (χ4v) is 2.38. The molecule has 0 bridgehead atoms. The highest BCUT2D eigenvalue weighted by molar-refractivity contribution is 5.86. The van der Waals surface area contributed by atoms with Crippen molar-refractivity contribution >= 4 is 12.1 Å². The Bertz CT molecular complexity index is 938. The number of phenols is 2. The lowest BCUT2D eigenvalue weighted by atomic mass is 10.1. The molecule has 0 aliphatic heterocycles. The first-order valence-corrected chi connectivity index (χ1v) is 8.24. The van der Waals surface area contributed by atoms with Gasteiger partial charge in [0.2, 0.25) is 0 Å². The van der Waals surface area contributed by atoms with E-state index in [0.717, 1.165) is 11.1 Å². The molecule has 0 radical (unpaired) electrons. The molecule has 0 atom stereocenters. The topological polar surface area (TPSA) is 91.2 Å². The predicted molar refractivity (Wildman–Crippen MR) is 103 cm³/mol. The molecular formula is C21H18N2O4.